The highest BCUT2D eigenvalue weighted by Crippen LogP contribution is 2.21. The summed E-state index contributed by atoms with van der Waals surface area (Å²) >= 11 is 6.35. The molecule has 9 heteroatoms. The molecule has 1 aromatic carbocycles. The number of pyridine rings is 1. The molecule has 1 aliphatic rings. The number of carbonyl (C=O) groups is 1. The number of nitrogens with zero attached hydrogens (tertiary/aromatic N) is 4. The molecule has 0 unspecified atom stereocenters. The molecule has 0 atom stereocenters. The summed E-state index contributed by atoms with van der Waals surface area (Å²) in [5, 5.41) is 7.35. The summed E-state index contributed by atoms with van der Waals surface area (Å²) < 4.78 is 5.89. The van der Waals surface area contributed by atoms with Crippen LogP contribution in [-0.4, -0.2) is 40.9 Å². The number of halogens is 1. The van der Waals surface area contributed by atoms with Crippen molar-refractivity contribution in [1.29, 1.82) is 0 Å². The molecule has 0 aliphatic carbocycles. The molecule has 0 radical (unpaired) electrons. The van der Waals surface area contributed by atoms with Gasteiger partial charge < -0.3 is 15.0 Å². The Hall–Kier alpha value is -3.39. The van der Waals surface area contributed by atoms with Crippen LogP contribution in [0.4, 0.5) is 11.5 Å². The zero-order valence-corrected chi connectivity index (χ0v) is 19.2. The van der Waals surface area contributed by atoms with Crippen LogP contribution in [0.5, 0.6) is 0 Å². The smallest absolute Gasteiger partial charge is 0.340 e. The van der Waals surface area contributed by atoms with Crippen LogP contribution < -0.4 is 15.8 Å². The number of carbonyl (C=O) groups excluding carboxylic acids is 1. The molecular formula is C24H26ClN5O3. The van der Waals surface area contributed by atoms with Crippen molar-refractivity contribution in [3.63, 3.8) is 0 Å². The average molecular weight is 468 g/mol. The third-order valence-corrected chi connectivity index (χ3v) is 6.04. The maximum absolute atomic E-state index is 12.9. The predicted molar refractivity (Wildman–Crippen MR) is 128 cm³/mol. The molecule has 0 bridgehead atoms. The fraction of sp³-hybridized carbons (Fsp3) is 0.333. The number of hydrogen-bond acceptors (Lipinski definition) is 7. The van der Waals surface area contributed by atoms with Crippen molar-refractivity contribution in [1.82, 2.24) is 14.8 Å². The van der Waals surface area contributed by atoms with Gasteiger partial charge in [-0.15, -0.1) is 0 Å². The summed E-state index contributed by atoms with van der Waals surface area (Å²) in [6.45, 7) is 2.53. The first-order valence-corrected chi connectivity index (χ1v) is 11.4. The number of aromatic nitrogens is 3. The number of esters is 1. The molecule has 3 heterocycles. The zero-order chi connectivity index (χ0) is 23.2. The van der Waals surface area contributed by atoms with E-state index in [4.69, 9.17) is 16.3 Å². The van der Waals surface area contributed by atoms with E-state index in [2.05, 4.69) is 20.3 Å². The van der Waals surface area contributed by atoms with Crippen LogP contribution >= 0.6 is 11.6 Å². The molecule has 2 aromatic heterocycles. The Morgan fingerprint density at radius 1 is 1.09 bits per heavy atom. The topological polar surface area (TPSA) is 89.3 Å². The highest BCUT2D eigenvalue weighted by Gasteiger charge is 2.17. The van der Waals surface area contributed by atoms with Gasteiger partial charge in [-0.25, -0.2) is 9.78 Å². The molecule has 8 nitrogen and oxygen atoms in total. The second kappa shape index (κ2) is 10.5. The normalized spacial score (nSPS) is 13.9. The largest absolute Gasteiger partial charge is 0.465 e. The Morgan fingerprint density at radius 2 is 1.85 bits per heavy atom. The Morgan fingerprint density at radius 3 is 2.55 bits per heavy atom. The lowest BCUT2D eigenvalue weighted by Gasteiger charge is -2.21. The van der Waals surface area contributed by atoms with E-state index in [1.165, 1.54) is 39.0 Å². The Balaban J connectivity index is 1.49. The van der Waals surface area contributed by atoms with E-state index in [9.17, 15) is 9.59 Å². The number of anilines is 2. The fourth-order valence-electron chi connectivity index (χ4n) is 3.87. The minimum absolute atomic E-state index is 0.0150. The first-order valence-electron chi connectivity index (χ1n) is 11.0. The van der Waals surface area contributed by atoms with Crippen molar-refractivity contribution < 1.29 is 9.53 Å². The number of para-hydroxylation sites is 1. The van der Waals surface area contributed by atoms with E-state index in [0.717, 1.165) is 29.2 Å². The molecule has 172 valence electrons. The van der Waals surface area contributed by atoms with Crippen molar-refractivity contribution in [3.05, 3.63) is 75.3 Å². The summed E-state index contributed by atoms with van der Waals surface area (Å²) in [4.78, 5) is 31.9. The maximum atomic E-state index is 12.9. The molecule has 1 saturated heterocycles. The van der Waals surface area contributed by atoms with Crippen LogP contribution in [-0.2, 0) is 11.3 Å². The van der Waals surface area contributed by atoms with Crippen molar-refractivity contribution in [2.24, 2.45) is 0 Å². The first-order chi connectivity index (χ1) is 16.1. The number of methoxy groups -OCH3 is 1. The molecule has 0 saturated carbocycles. The number of nitrogens with one attached hydrogen (secondary N) is 1. The predicted octanol–water partition coefficient (Wildman–Crippen LogP) is 4.06. The number of ether oxygens (including phenoxy) is 1. The second-order valence-corrected chi connectivity index (χ2v) is 8.26. The van der Waals surface area contributed by atoms with Gasteiger partial charge in [0.25, 0.3) is 5.56 Å². The van der Waals surface area contributed by atoms with Crippen molar-refractivity contribution in [3.8, 4) is 5.69 Å². The maximum Gasteiger partial charge on any atom is 0.340 e. The molecule has 1 aliphatic heterocycles. The van der Waals surface area contributed by atoms with E-state index in [0.29, 0.717) is 17.9 Å². The molecular weight excluding hydrogens is 442 g/mol. The summed E-state index contributed by atoms with van der Waals surface area (Å²) in [5.74, 6) is 0.431. The number of benzene rings is 1. The molecule has 3 aromatic rings. The number of hydrogen-bond donors (Lipinski definition) is 1. The minimum atomic E-state index is -0.561. The first kappa shape index (κ1) is 22.8. The molecule has 1 N–H and O–H groups in total. The molecule has 0 spiro atoms. The van der Waals surface area contributed by atoms with Gasteiger partial charge in [0.1, 0.15) is 10.8 Å². The lowest BCUT2D eigenvalue weighted by Crippen LogP contribution is -2.25. The minimum Gasteiger partial charge on any atom is -0.465 e. The lowest BCUT2D eigenvalue weighted by atomic mass is 10.2. The third kappa shape index (κ3) is 5.17. The summed E-state index contributed by atoms with van der Waals surface area (Å²) in [6, 6.07) is 10.6. The lowest BCUT2D eigenvalue weighted by molar-refractivity contribution is 0.0600. The van der Waals surface area contributed by atoms with Crippen LogP contribution in [0.1, 0.15) is 41.6 Å². The Labute approximate surface area is 197 Å². The van der Waals surface area contributed by atoms with E-state index in [-0.39, 0.29) is 10.6 Å². The second-order valence-electron chi connectivity index (χ2n) is 7.88. The molecule has 0 amide bonds. The van der Waals surface area contributed by atoms with E-state index in [1.807, 2.05) is 18.3 Å². The van der Waals surface area contributed by atoms with Gasteiger partial charge in [0.05, 0.1) is 30.2 Å². The standard InChI is InChI=1S/C24H26ClN5O3/c1-33-24(32)18-8-4-5-9-20(18)30-23(31)22(25)19(16-28-30)26-14-17-10-11-21(27-15-17)29-12-6-2-3-7-13-29/h4-5,8-11,15-16,26H,2-3,6-7,12-14H2,1H3. The van der Waals surface area contributed by atoms with Crippen LogP contribution in [0.3, 0.4) is 0 Å². The summed E-state index contributed by atoms with van der Waals surface area (Å²) in [5.41, 5.74) is 1.36. The van der Waals surface area contributed by atoms with Gasteiger partial charge in [-0.05, 0) is 36.6 Å². The SMILES string of the molecule is COC(=O)c1ccccc1-n1ncc(NCc2ccc(N3CCCCCC3)nc2)c(Cl)c1=O. The molecule has 33 heavy (non-hydrogen) atoms. The van der Waals surface area contributed by atoms with Crippen LogP contribution in [0.15, 0.2) is 53.6 Å². The fourth-order valence-corrected chi connectivity index (χ4v) is 4.07. The van der Waals surface area contributed by atoms with E-state index < -0.39 is 11.5 Å². The van der Waals surface area contributed by atoms with Crippen molar-refractivity contribution in [2.45, 2.75) is 32.2 Å². The van der Waals surface area contributed by atoms with Crippen LogP contribution in [0.2, 0.25) is 5.02 Å². The van der Waals surface area contributed by atoms with E-state index >= 15 is 0 Å². The third-order valence-electron chi connectivity index (χ3n) is 5.68. The molecule has 4 rings (SSSR count). The number of rotatable bonds is 6. The van der Waals surface area contributed by atoms with Gasteiger partial charge in [0.2, 0.25) is 0 Å². The van der Waals surface area contributed by atoms with Gasteiger partial charge in [-0.2, -0.15) is 9.78 Å². The van der Waals surface area contributed by atoms with Gasteiger partial charge in [-0.1, -0.05) is 42.6 Å². The van der Waals surface area contributed by atoms with Crippen LogP contribution in [0.25, 0.3) is 5.69 Å². The Kier molecular flexibility index (Phi) is 7.24. The zero-order valence-electron chi connectivity index (χ0n) is 18.5. The van der Waals surface area contributed by atoms with Gasteiger partial charge in [0, 0.05) is 25.8 Å². The van der Waals surface area contributed by atoms with Crippen LogP contribution in [0, 0.1) is 0 Å². The van der Waals surface area contributed by atoms with Gasteiger partial charge >= 0.3 is 5.97 Å². The Bertz CT molecular complexity index is 1170. The highest BCUT2D eigenvalue weighted by molar-refractivity contribution is 6.32. The van der Waals surface area contributed by atoms with Crippen molar-refractivity contribution in [2.75, 3.05) is 30.4 Å². The average Bonchev–Trinajstić information content (AvgIpc) is 3.14. The summed E-state index contributed by atoms with van der Waals surface area (Å²) in [7, 11) is 1.28. The summed E-state index contributed by atoms with van der Waals surface area (Å²) in [6.07, 6.45) is 8.26. The van der Waals surface area contributed by atoms with Gasteiger partial charge in [0.15, 0.2) is 0 Å². The van der Waals surface area contributed by atoms with Crippen molar-refractivity contribution >= 4 is 29.1 Å². The highest BCUT2D eigenvalue weighted by atomic mass is 35.5. The quantitative estimate of drug-likeness (QED) is 0.547. The molecule has 1 fully saturated rings. The van der Waals surface area contributed by atoms with Gasteiger partial charge in [-0.3, -0.25) is 4.79 Å². The monoisotopic (exact) mass is 467 g/mol. The van der Waals surface area contributed by atoms with E-state index in [1.54, 1.807) is 24.3 Å².